The largest absolute Gasteiger partial charge is 0.383 e. The molecule has 25 heavy (non-hydrogen) atoms. The maximum Gasteiger partial charge on any atom is 0.242 e. The molecule has 0 fully saturated rings. The van der Waals surface area contributed by atoms with Crippen molar-refractivity contribution in [1.82, 2.24) is 9.62 Å². The summed E-state index contributed by atoms with van der Waals surface area (Å²) in [5.41, 5.74) is 0. The molecule has 0 saturated heterocycles. The molecule has 1 rings (SSSR count). The van der Waals surface area contributed by atoms with Gasteiger partial charge in [-0.05, 0) is 36.6 Å². The molecule has 8 heteroatoms. The summed E-state index contributed by atoms with van der Waals surface area (Å²) in [6.07, 6.45) is 0.608. The van der Waals surface area contributed by atoms with Gasteiger partial charge in [0.25, 0.3) is 0 Å². The van der Waals surface area contributed by atoms with Crippen LogP contribution in [-0.4, -0.2) is 52.0 Å². The number of carbonyl (C=O) groups is 1. The number of rotatable bonds is 10. The van der Waals surface area contributed by atoms with Crippen molar-refractivity contribution in [2.24, 2.45) is 5.92 Å². The number of carbonyl (C=O) groups excluding carboxylic acids is 1. The Morgan fingerprint density at radius 1 is 1.28 bits per heavy atom. The van der Waals surface area contributed by atoms with Crippen LogP contribution in [0.2, 0.25) is 0 Å². The van der Waals surface area contributed by atoms with Crippen LogP contribution in [0.4, 0.5) is 4.39 Å². The Balaban J connectivity index is 2.51. The van der Waals surface area contributed by atoms with Crippen LogP contribution in [0.25, 0.3) is 0 Å². The van der Waals surface area contributed by atoms with E-state index in [4.69, 9.17) is 4.74 Å². The summed E-state index contributed by atoms with van der Waals surface area (Å²) in [5.74, 6) is -0.386. The molecular formula is C17H27FN2O4S. The first-order chi connectivity index (χ1) is 11.7. The first kappa shape index (κ1) is 21.5. The van der Waals surface area contributed by atoms with Crippen molar-refractivity contribution in [3.63, 3.8) is 0 Å². The van der Waals surface area contributed by atoms with Crippen LogP contribution in [0.3, 0.4) is 0 Å². The predicted octanol–water partition coefficient (Wildman–Crippen LogP) is 2.01. The van der Waals surface area contributed by atoms with Crippen molar-refractivity contribution in [2.45, 2.75) is 37.6 Å². The molecule has 1 aromatic carbocycles. The number of methoxy groups -OCH3 is 1. The molecule has 1 unspecified atom stereocenters. The van der Waals surface area contributed by atoms with Gasteiger partial charge >= 0.3 is 0 Å². The highest BCUT2D eigenvalue weighted by molar-refractivity contribution is 7.89. The quantitative estimate of drug-likeness (QED) is 0.680. The number of nitrogens with one attached hydrogen (secondary N) is 1. The molecule has 0 aromatic heterocycles. The second-order valence-electron chi connectivity index (χ2n) is 6.26. The van der Waals surface area contributed by atoms with E-state index < -0.39 is 15.8 Å². The van der Waals surface area contributed by atoms with Gasteiger partial charge in [0.05, 0.1) is 17.5 Å². The van der Waals surface area contributed by atoms with Gasteiger partial charge in [0, 0.05) is 27.1 Å². The Hall–Kier alpha value is -1.51. The molecule has 0 aliphatic carbocycles. The van der Waals surface area contributed by atoms with Crippen LogP contribution in [0, 0.1) is 11.7 Å². The van der Waals surface area contributed by atoms with Crippen molar-refractivity contribution < 1.29 is 22.3 Å². The van der Waals surface area contributed by atoms with Crippen molar-refractivity contribution in [1.29, 1.82) is 0 Å². The molecular weight excluding hydrogens is 347 g/mol. The lowest BCUT2D eigenvalue weighted by atomic mass is 10.1. The first-order valence-electron chi connectivity index (χ1n) is 8.18. The predicted molar refractivity (Wildman–Crippen MR) is 94.1 cm³/mol. The maximum absolute atomic E-state index is 12.9. The molecule has 0 radical (unpaired) electrons. The van der Waals surface area contributed by atoms with Crippen molar-refractivity contribution in [3.8, 4) is 0 Å². The smallest absolute Gasteiger partial charge is 0.242 e. The lowest BCUT2D eigenvalue weighted by Gasteiger charge is -2.22. The molecule has 0 spiro atoms. The van der Waals surface area contributed by atoms with Gasteiger partial charge in [0.2, 0.25) is 15.9 Å². The zero-order chi connectivity index (χ0) is 19.0. The minimum Gasteiger partial charge on any atom is -0.383 e. The van der Waals surface area contributed by atoms with Crippen LogP contribution in [0.15, 0.2) is 29.2 Å². The molecule has 0 aliphatic heterocycles. The number of halogens is 1. The average molecular weight is 374 g/mol. The van der Waals surface area contributed by atoms with E-state index >= 15 is 0 Å². The van der Waals surface area contributed by atoms with E-state index in [-0.39, 0.29) is 35.7 Å². The second-order valence-corrected chi connectivity index (χ2v) is 8.30. The normalized spacial score (nSPS) is 13.2. The third-order valence-corrected chi connectivity index (χ3v) is 5.77. The van der Waals surface area contributed by atoms with Gasteiger partial charge in [-0.15, -0.1) is 0 Å². The van der Waals surface area contributed by atoms with E-state index in [0.29, 0.717) is 13.0 Å². The fraction of sp³-hybridized carbons (Fsp3) is 0.588. The van der Waals surface area contributed by atoms with Gasteiger partial charge < -0.3 is 10.1 Å². The molecule has 142 valence electrons. The molecule has 0 aliphatic rings. The summed E-state index contributed by atoms with van der Waals surface area (Å²) in [6.45, 7) is 4.62. The van der Waals surface area contributed by atoms with Gasteiger partial charge in [-0.25, -0.2) is 17.1 Å². The minimum absolute atomic E-state index is 0.0285. The first-order valence-corrected chi connectivity index (χ1v) is 9.62. The van der Waals surface area contributed by atoms with Crippen LogP contribution < -0.4 is 5.32 Å². The van der Waals surface area contributed by atoms with E-state index in [0.717, 1.165) is 12.1 Å². The van der Waals surface area contributed by atoms with Crippen molar-refractivity contribution in [3.05, 3.63) is 30.1 Å². The van der Waals surface area contributed by atoms with Gasteiger partial charge in [-0.1, -0.05) is 13.8 Å². The third kappa shape index (κ3) is 6.72. The van der Waals surface area contributed by atoms with E-state index in [9.17, 15) is 17.6 Å². The van der Waals surface area contributed by atoms with Crippen molar-refractivity contribution >= 4 is 15.9 Å². The van der Waals surface area contributed by atoms with Crippen LogP contribution in [-0.2, 0) is 19.6 Å². The fourth-order valence-electron chi connectivity index (χ4n) is 2.23. The van der Waals surface area contributed by atoms with E-state index in [1.54, 1.807) is 7.11 Å². The van der Waals surface area contributed by atoms with E-state index in [1.165, 1.54) is 23.5 Å². The third-order valence-electron chi connectivity index (χ3n) is 3.90. The highest BCUT2D eigenvalue weighted by Crippen LogP contribution is 2.15. The molecule has 1 atom stereocenters. The van der Waals surface area contributed by atoms with Gasteiger partial charge in [-0.3, -0.25) is 4.79 Å². The number of sulfonamides is 1. The highest BCUT2D eigenvalue weighted by Gasteiger charge is 2.21. The topological polar surface area (TPSA) is 75.7 Å². The average Bonchev–Trinajstić information content (AvgIpc) is 2.54. The standard InChI is InChI=1S/C17H27FN2O4S/c1-13(2)16(12-24-4)19-17(21)6-5-11-20(3)25(22,23)15-9-7-14(18)8-10-15/h7-10,13,16H,5-6,11-12H2,1-4H3,(H,19,21). The lowest BCUT2D eigenvalue weighted by Crippen LogP contribution is -2.41. The molecule has 1 N–H and O–H groups in total. The number of nitrogens with zero attached hydrogens (tertiary/aromatic N) is 1. The zero-order valence-electron chi connectivity index (χ0n) is 15.2. The second kappa shape index (κ2) is 9.84. The van der Waals surface area contributed by atoms with Crippen LogP contribution in [0.5, 0.6) is 0 Å². The summed E-state index contributed by atoms with van der Waals surface area (Å²) in [4.78, 5) is 12.0. The number of amides is 1. The number of hydrogen-bond acceptors (Lipinski definition) is 4. The van der Waals surface area contributed by atoms with Crippen molar-refractivity contribution in [2.75, 3.05) is 27.3 Å². The molecule has 1 aromatic rings. The molecule has 1 amide bonds. The maximum atomic E-state index is 12.9. The summed E-state index contributed by atoms with van der Waals surface area (Å²) in [7, 11) is -0.661. The Kier molecular flexibility index (Phi) is 8.47. The summed E-state index contributed by atoms with van der Waals surface area (Å²) in [6, 6.07) is 4.60. The molecule has 6 nitrogen and oxygen atoms in total. The van der Waals surface area contributed by atoms with Gasteiger partial charge in [0.15, 0.2) is 0 Å². The summed E-state index contributed by atoms with van der Waals surface area (Å²) < 4.78 is 43.9. The number of ether oxygens (including phenoxy) is 1. The van der Waals surface area contributed by atoms with E-state index in [1.807, 2.05) is 13.8 Å². The van der Waals surface area contributed by atoms with E-state index in [2.05, 4.69) is 5.32 Å². The Morgan fingerprint density at radius 3 is 2.40 bits per heavy atom. The molecule has 0 heterocycles. The highest BCUT2D eigenvalue weighted by atomic mass is 32.2. The summed E-state index contributed by atoms with van der Waals surface area (Å²) in [5, 5.41) is 2.89. The lowest BCUT2D eigenvalue weighted by molar-refractivity contribution is -0.122. The Bertz CT molecular complexity index is 647. The SMILES string of the molecule is COCC(NC(=O)CCCN(C)S(=O)(=O)c1ccc(F)cc1)C(C)C. The van der Waals surface area contributed by atoms with Crippen LogP contribution >= 0.6 is 0 Å². The number of hydrogen-bond donors (Lipinski definition) is 1. The number of benzene rings is 1. The van der Waals surface area contributed by atoms with Gasteiger partial charge in [-0.2, -0.15) is 0 Å². The molecule has 0 bridgehead atoms. The zero-order valence-corrected chi connectivity index (χ0v) is 16.0. The minimum atomic E-state index is -3.68. The monoisotopic (exact) mass is 374 g/mol. The van der Waals surface area contributed by atoms with Gasteiger partial charge in [0.1, 0.15) is 5.82 Å². The summed E-state index contributed by atoms with van der Waals surface area (Å²) >= 11 is 0. The molecule has 0 saturated carbocycles. The Labute approximate surface area is 149 Å². The van der Waals surface area contributed by atoms with Crippen LogP contribution in [0.1, 0.15) is 26.7 Å². The fourth-order valence-corrected chi connectivity index (χ4v) is 3.44. The Morgan fingerprint density at radius 2 is 1.88 bits per heavy atom.